The topological polar surface area (TPSA) is 49.4 Å². The Labute approximate surface area is 132 Å². The van der Waals surface area contributed by atoms with Gasteiger partial charge in [-0.2, -0.15) is 0 Å². The monoisotopic (exact) mass is 302 g/mol. The van der Waals surface area contributed by atoms with Crippen molar-refractivity contribution in [2.45, 2.75) is 52.5 Å². The molecule has 2 amide bonds. The zero-order valence-electron chi connectivity index (χ0n) is 14.1. The summed E-state index contributed by atoms with van der Waals surface area (Å²) in [5, 5.41) is 2.92. The van der Waals surface area contributed by atoms with E-state index in [4.69, 9.17) is 0 Å². The Kier molecular flexibility index (Phi) is 4.59. The number of hydrogen-bond acceptors (Lipinski definition) is 2. The van der Waals surface area contributed by atoms with Gasteiger partial charge in [-0.1, -0.05) is 32.9 Å². The highest BCUT2D eigenvalue weighted by Gasteiger charge is 2.35. The van der Waals surface area contributed by atoms with Crippen molar-refractivity contribution < 1.29 is 9.59 Å². The molecule has 0 saturated carbocycles. The van der Waals surface area contributed by atoms with E-state index in [1.54, 1.807) is 4.90 Å². The van der Waals surface area contributed by atoms with Gasteiger partial charge in [0.2, 0.25) is 11.8 Å². The minimum atomic E-state index is -0.253. The van der Waals surface area contributed by atoms with Crippen LogP contribution in [0.2, 0.25) is 0 Å². The van der Waals surface area contributed by atoms with Crippen molar-refractivity contribution >= 4 is 17.5 Å². The van der Waals surface area contributed by atoms with E-state index in [1.807, 2.05) is 38.1 Å². The van der Waals surface area contributed by atoms with Crippen molar-refractivity contribution in [1.29, 1.82) is 0 Å². The molecule has 120 valence electrons. The van der Waals surface area contributed by atoms with Gasteiger partial charge < -0.3 is 10.2 Å². The van der Waals surface area contributed by atoms with E-state index >= 15 is 0 Å². The molecule has 4 heteroatoms. The van der Waals surface area contributed by atoms with E-state index in [2.05, 4.69) is 26.1 Å². The molecule has 2 rings (SSSR count). The maximum Gasteiger partial charge on any atom is 0.229 e. The van der Waals surface area contributed by atoms with Crippen LogP contribution < -0.4 is 5.32 Å². The van der Waals surface area contributed by atoms with Gasteiger partial charge in [0.15, 0.2) is 0 Å². The second-order valence-corrected chi connectivity index (χ2v) is 7.36. The summed E-state index contributed by atoms with van der Waals surface area (Å²) in [6, 6.07) is 8.08. The lowest BCUT2D eigenvalue weighted by Crippen LogP contribution is -2.33. The zero-order valence-corrected chi connectivity index (χ0v) is 14.1. The molecule has 1 aromatic rings. The number of amides is 2. The smallest absolute Gasteiger partial charge is 0.229 e. The number of rotatable bonds is 3. The highest BCUT2D eigenvalue weighted by Crippen LogP contribution is 2.25. The highest BCUT2D eigenvalue weighted by molar-refractivity contribution is 5.97. The number of nitrogens with zero attached hydrogens (tertiary/aromatic N) is 1. The van der Waals surface area contributed by atoms with E-state index in [0.717, 1.165) is 5.69 Å². The number of anilines is 1. The Morgan fingerprint density at radius 3 is 2.27 bits per heavy atom. The van der Waals surface area contributed by atoms with E-state index in [-0.39, 0.29) is 29.2 Å². The van der Waals surface area contributed by atoms with E-state index in [0.29, 0.717) is 13.0 Å². The lowest BCUT2D eigenvalue weighted by atomic mass is 9.87. The third-order valence-corrected chi connectivity index (χ3v) is 4.17. The normalized spacial score (nSPS) is 18.9. The average Bonchev–Trinajstić information content (AvgIpc) is 2.80. The molecule has 1 fully saturated rings. The van der Waals surface area contributed by atoms with Crippen LogP contribution in [0.1, 0.15) is 46.6 Å². The van der Waals surface area contributed by atoms with Crippen molar-refractivity contribution in [3.63, 3.8) is 0 Å². The van der Waals surface area contributed by atoms with Gasteiger partial charge in [-0.15, -0.1) is 0 Å². The molecule has 0 spiro atoms. The first-order valence-electron chi connectivity index (χ1n) is 7.89. The van der Waals surface area contributed by atoms with Crippen LogP contribution in [-0.4, -0.2) is 29.3 Å². The SMILES string of the molecule is CC(C)N1C[C@H](C(=O)Nc2ccc(C(C)(C)C)cc2)CC1=O. The Hall–Kier alpha value is -1.84. The summed E-state index contributed by atoms with van der Waals surface area (Å²) >= 11 is 0. The molecule has 0 radical (unpaired) electrons. The van der Waals surface area contributed by atoms with Crippen LogP contribution in [0.5, 0.6) is 0 Å². The lowest BCUT2D eigenvalue weighted by Gasteiger charge is -2.21. The number of hydrogen-bond donors (Lipinski definition) is 1. The van der Waals surface area contributed by atoms with Crippen LogP contribution in [0.15, 0.2) is 24.3 Å². The highest BCUT2D eigenvalue weighted by atomic mass is 16.2. The Balaban J connectivity index is 2.00. The molecule has 4 nitrogen and oxygen atoms in total. The van der Waals surface area contributed by atoms with Gasteiger partial charge in [0.1, 0.15) is 0 Å². The standard InChI is InChI=1S/C18H26N2O2/c1-12(2)20-11-13(10-16(20)21)17(22)19-15-8-6-14(7-9-15)18(3,4)5/h6-9,12-13H,10-11H2,1-5H3,(H,19,22)/t13-/m1/s1. The van der Waals surface area contributed by atoms with Crippen molar-refractivity contribution in [1.82, 2.24) is 4.90 Å². The molecule has 0 unspecified atom stereocenters. The van der Waals surface area contributed by atoms with Gasteiger partial charge in [0.25, 0.3) is 0 Å². The Morgan fingerprint density at radius 2 is 1.82 bits per heavy atom. The van der Waals surface area contributed by atoms with Crippen LogP contribution in [0, 0.1) is 5.92 Å². The number of likely N-dealkylation sites (tertiary alicyclic amines) is 1. The molecule has 1 saturated heterocycles. The fraction of sp³-hybridized carbons (Fsp3) is 0.556. The molecule has 0 bridgehead atoms. The molecule has 1 atom stereocenters. The van der Waals surface area contributed by atoms with Crippen molar-refractivity contribution in [2.24, 2.45) is 5.92 Å². The summed E-state index contributed by atoms with van der Waals surface area (Å²) in [6.45, 7) is 10.9. The maximum atomic E-state index is 12.3. The van der Waals surface area contributed by atoms with Crippen molar-refractivity contribution in [3.8, 4) is 0 Å². The molecule has 1 aliphatic rings. The van der Waals surface area contributed by atoms with E-state index < -0.39 is 0 Å². The second-order valence-electron chi connectivity index (χ2n) is 7.36. The number of carbonyl (C=O) groups excluding carboxylic acids is 2. The molecule has 1 aliphatic heterocycles. The Morgan fingerprint density at radius 1 is 1.23 bits per heavy atom. The molecular formula is C18H26N2O2. The van der Waals surface area contributed by atoms with E-state index in [9.17, 15) is 9.59 Å². The van der Waals surface area contributed by atoms with Crippen LogP contribution >= 0.6 is 0 Å². The summed E-state index contributed by atoms with van der Waals surface area (Å²) in [5.41, 5.74) is 2.11. The number of nitrogens with one attached hydrogen (secondary N) is 1. The van der Waals surface area contributed by atoms with Gasteiger partial charge >= 0.3 is 0 Å². The minimum absolute atomic E-state index is 0.0678. The predicted molar refractivity (Wildman–Crippen MR) is 88.7 cm³/mol. The molecule has 0 aromatic heterocycles. The molecule has 22 heavy (non-hydrogen) atoms. The lowest BCUT2D eigenvalue weighted by molar-refractivity contribution is -0.129. The fourth-order valence-electron chi connectivity index (χ4n) is 2.70. The number of benzene rings is 1. The van der Waals surface area contributed by atoms with Gasteiger partial charge in [-0.3, -0.25) is 9.59 Å². The Bertz CT molecular complexity index is 555. The summed E-state index contributed by atoms with van der Waals surface area (Å²) in [7, 11) is 0. The summed E-state index contributed by atoms with van der Waals surface area (Å²) < 4.78 is 0. The molecule has 0 aliphatic carbocycles. The van der Waals surface area contributed by atoms with Crippen LogP contribution in [0.25, 0.3) is 0 Å². The zero-order chi connectivity index (χ0) is 16.5. The molecular weight excluding hydrogens is 276 g/mol. The van der Waals surface area contributed by atoms with Crippen molar-refractivity contribution in [3.05, 3.63) is 29.8 Å². The largest absolute Gasteiger partial charge is 0.339 e. The molecule has 1 heterocycles. The third-order valence-electron chi connectivity index (χ3n) is 4.17. The third kappa shape index (κ3) is 3.67. The minimum Gasteiger partial charge on any atom is -0.339 e. The first-order valence-corrected chi connectivity index (χ1v) is 7.89. The first kappa shape index (κ1) is 16.5. The summed E-state index contributed by atoms with van der Waals surface area (Å²) in [4.78, 5) is 26.0. The maximum absolute atomic E-state index is 12.3. The first-order chi connectivity index (χ1) is 10.2. The average molecular weight is 302 g/mol. The molecule has 1 N–H and O–H groups in total. The van der Waals surface area contributed by atoms with E-state index in [1.165, 1.54) is 5.56 Å². The second kappa shape index (κ2) is 6.11. The molecule has 1 aromatic carbocycles. The van der Waals surface area contributed by atoms with Crippen LogP contribution in [0.3, 0.4) is 0 Å². The van der Waals surface area contributed by atoms with Gasteiger partial charge in [-0.25, -0.2) is 0 Å². The number of carbonyl (C=O) groups is 2. The quantitative estimate of drug-likeness (QED) is 0.932. The van der Waals surface area contributed by atoms with Gasteiger partial charge in [0, 0.05) is 24.7 Å². The van der Waals surface area contributed by atoms with Crippen LogP contribution in [-0.2, 0) is 15.0 Å². The van der Waals surface area contributed by atoms with Crippen molar-refractivity contribution in [2.75, 3.05) is 11.9 Å². The predicted octanol–water partition coefficient (Wildman–Crippen LogP) is 3.18. The summed E-state index contributed by atoms with van der Waals surface area (Å²) in [6.07, 6.45) is 0.310. The van der Waals surface area contributed by atoms with Crippen LogP contribution in [0.4, 0.5) is 5.69 Å². The fourth-order valence-corrected chi connectivity index (χ4v) is 2.70. The van der Waals surface area contributed by atoms with Gasteiger partial charge in [0.05, 0.1) is 5.92 Å². The summed E-state index contributed by atoms with van der Waals surface area (Å²) in [5.74, 6) is -0.254. The van der Waals surface area contributed by atoms with Gasteiger partial charge in [-0.05, 0) is 37.0 Å².